The fourth-order valence-electron chi connectivity index (χ4n) is 0. The summed E-state index contributed by atoms with van der Waals surface area (Å²) < 4.78 is 28.0. The van der Waals surface area contributed by atoms with E-state index in [4.69, 9.17) is 0 Å². The summed E-state index contributed by atoms with van der Waals surface area (Å²) in [6.07, 6.45) is 0. The molecule has 2 unspecified atom stereocenters. The molecule has 6 heteroatoms. The molecular formula is H2NO3S2-. The second-order valence-electron chi connectivity index (χ2n) is 0.465. The Kier molecular flexibility index (Phi) is 2.70. The summed E-state index contributed by atoms with van der Waals surface area (Å²) in [6.45, 7) is 0. The van der Waals surface area contributed by atoms with Crippen LogP contribution in [0.4, 0.5) is 0 Å². The molecule has 0 amide bonds. The highest BCUT2D eigenvalue weighted by Crippen LogP contribution is 1.77. The molecule has 0 rings (SSSR count). The summed E-state index contributed by atoms with van der Waals surface area (Å²) in [7, 11) is -4.82. The van der Waals surface area contributed by atoms with E-state index < -0.39 is 20.5 Å². The fraction of sp³-hybridized carbons (Fsp3) is 0. The van der Waals surface area contributed by atoms with E-state index in [1.165, 1.54) is 0 Å². The Morgan fingerprint density at radius 3 is 2.00 bits per heavy atom. The van der Waals surface area contributed by atoms with Crippen molar-refractivity contribution >= 4 is 20.5 Å². The monoisotopic (exact) mass is 128 g/mol. The van der Waals surface area contributed by atoms with Crippen LogP contribution < -0.4 is 5.14 Å². The summed E-state index contributed by atoms with van der Waals surface area (Å²) in [6, 6.07) is 0. The van der Waals surface area contributed by atoms with E-state index in [1.54, 1.807) is 0 Å². The molecule has 0 aliphatic carbocycles. The van der Waals surface area contributed by atoms with Crippen molar-refractivity contribution in [2.24, 2.45) is 5.14 Å². The lowest BCUT2D eigenvalue weighted by atomic mass is 14.0. The highest BCUT2D eigenvalue weighted by atomic mass is 33.2. The van der Waals surface area contributed by atoms with E-state index >= 15 is 0 Å². The Morgan fingerprint density at radius 2 is 2.00 bits per heavy atom. The van der Waals surface area contributed by atoms with Crippen LogP contribution in [-0.2, 0) is 20.5 Å². The van der Waals surface area contributed by atoms with Gasteiger partial charge in [0.25, 0.3) is 0 Å². The van der Waals surface area contributed by atoms with Crippen LogP contribution in [-0.4, -0.2) is 13.3 Å². The van der Waals surface area contributed by atoms with Gasteiger partial charge in [-0.2, -0.15) is 0 Å². The molecule has 0 saturated heterocycles. The van der Waals surface area contributed by atoms with Crippen LogP contribution in [0.5, 0.6) is 0 Å². The lowest BCUT2D eigenvalue weighted by Crippen LogP contribution is -2.16. The minimum Gasteiger partial charge on any atom is -0.728 e. The maximum absolute atomic E-state index is 9.42. The van der Waals surface area contributed by atoms with Gasteiger partial charge in [-0.05, 0) is 0 Å². The molecule has 2 atom stereocenters. The van der Waals surface area contributed by atoms with E-state index in [0.29, 0.717) is 0 Å². The molecule has 2 N–H and O–H groups in total. The predicted molar refractivity (Wildman–Crippen MR) is 21.2 cm³/mol. The molecule has 0 heterocycles. The van der Waals surface area contributed by atoms with E-state index in [1.807, 2.05) is 0 Å². The Morgan fingerprint density at radius 1 is 1.83 bits per heavy atom. The predicted octanol–water partition coefficient (Wildman–Crippen LogP) is -1.60. The van der Waals surface area contributed by atoms with E-state index in [-0.39, 0.29) is 0 Å². The minimum absolute atomic E-state index is 2.20. The molecule has 0 saturated carbocycles. The Bertz CT molecular complexity index is 59.8. The van der Waals surface area contributed by atoms with Gasteiger partial charge in [-0.25, -0.2) is 4.21 Å². The molecule has 0 fully saturated rings. The largest absolute Gasteiger partial charge is 0.728 e. The molecule has 0 bridgehead atoms. The molecule has 0 aromatic rings. The number of hydrogen-bond donors (Lipinski definition) is 1. The van der Waals surface area contributed by atoms with Gasteiger partial charge in [-0.1, -0.05) is 0 Å². The van der Waals surface area contributed by atoms with Gasteiger partial charge >= 0.3 is 0 Å². The van der Waals surface area contributed by atoms with Crippen molar-refractivity contribution in [3.8, 4) is 0 Å². The second-order valence-corrected chi connectivity index (χ2v) is 3.20. The first kappa shape index (κ1) is 6.38. The molecule has 0 aliphatic heterocycles. The average Bonchev–Trinajstić information content (AvgIpc) is 1.36. The first-order chi connectivity index (χ1) is 2.64. The standard InChI is InChI=1S/H3NO3S2/c1-5(2)6(3)4/h1H2,(H,3,4)/p-1. The molecule has 38 valence electrons. The van der Waals surface area contributed by atoms with Crippen LogP contribution in [0.1, 0.15) is 0 Å². The van der Waals surface area contributed by atoms with Gasteiger partial charge < -0.3 is 9.11 Å². The van der Waals surface area contributed by atoms with Crippen molar-refractivity contribution in [3.63, 3.8) is 0 Å². The Balaban J connectivity index is 3.26. The van der Waals surface area contributed by atoms with Crippen molar-refractivity contribution < 1.29 is 13.3 Å². The zero-order chi connectivity index (χ0) is 5.15. The molecule has 0 aromatic heterocycles. The molecule has 4 nitrogen and oxygen atoms in total. The van der Waals surface area contributed by atoms with Gasteiger partial charge in [0.15, 0.2) is 10.1 Å². The van der Waals surface area contributed by atoms with Crippen molar-refractivity contribution in [1.82, 2.24) is 0 Å². The Labute approximate surface area is 39.7 Å². The lowest BCUT2D eigenvalue weighted by molar-refractivity contribution is 0.541. The summed E-state index contributed by atoms with van der Waals surface area (Å²) in [5.74, 6) is 0. The molecule has 6 heavy (non-hydrogen) atoms. The van der Waals surface area contributed by atoms with Crippen molar-refractivity contribution in [3.05, 3.63) is 0 Å². The van der Waals surface area contributed by atoms with Crippen LogP contribution in [0.25, 0.3) is 0 Å². The summed E-state index contributed by atoms with van der Waals surface area (Å²) in [4.78, 5) is 0. The Hall–Kier alpha value is 0.380. The third-order valence-electron chi connectivity index (χ3n) is 0.134. The van der Waals surface area contributed by atoms with Crippen LogP contribution in [0.15, 0.2) is 0 Å². The van der Waals surface area contributed by atoms with Gasteiger partial charge in [-0.3, -0.25) is 0 Å². The lowest BCUT2D eigenvalue weighted by Gasteiger charge is -2.00. The first-order valence-corrected chi connectivity index (χ1v) is 3.71. The zero-order valence-electron chi connectivity index (χ0n) is 2.62. The molecule has 0 spiro atoms. The van der Waals surface area contributed by atoms with Crippen LogP contribution in [0, 0.1) is 0 Å². The van der Waals surface area contributed by atoms with Gasteiger partial charge in [0.1, 0.15) is 10.4 Å². The van der Waals surface area contributed by atoms with E-state index in [2.05, 4.69) is 5.14 Å². The van der Waals surface area contributed by atoms with E-state index in [0.717, 1.165) is 0 Å². The maximum atomic E-state index is 9.42. The third-order valence-corrected chi connectivity index (χ3v) is 1.21. The minimum atomic E-state index is -2.62. The summed E-state index contributed by atoms with van der Waals surface area (Å²) in [5, 5.41) is 4.29. The smallest absolute Gasteiger partial charge is 0.187 e. The number of rotatable bonds is 1. The average molecular weight is 128 g/mol. The summed E-state index contributed by atoms with van der Waals surface area (Å²) in [5.41, 5.74) is 0. The molecular weight excluding hydrogens is 126 g/mol. The zero-order valence-corrected chi connectivity index (χ0v) is 4.25. The molecule has 0 aromatic carbocycles. The van der Waals surface area contributed by atoms with Crippen molar-refractivity contribution in [2.45, 2.75) is 0 Å². The normalized spacial score (nSPS) is 19.8. The van der Waals surface area contributed by atoms with Gasteiger partial charge in [0.2, 0.25) is 0 Å². The fourth-order valence-corrected chi connectivity index (χ4v) is 0. The second kappa shape index (κ2) is 2.54. The quantitative estimate of drug-likeness (QED) is 0.262. The van der Waals surface area contributed by atoms with Crippen molar-refractivity contribution in [2.75, 3.05) is 0 Å². The molecule has 0 radical (unpaired) electrons. The van der Waals surface area contributed by atoms with Crippen LogP contribution >= 0.6 is 0 Å². The highest BCUT2D eigenvalue weighted by molar-refractivity contribution is 8.61. The third kappa shape index (κ3) is 2.61. The van der Waals surface area contributed by atoms with Crippen LogP contribution in [0.3, 0.4) is 0 Å². The number of nitrogens with two attached hydrogens (primary N) is 1. The van der Waals surface area contributed by atoms with Gasteiger partial charge in [0.05, 0.1) is 0 Å². The van der Waals surface area contributed by atoms with Crippen molar-refractivity contribution in [1.29, 1.82) is 0 Å². The molecule has 0 aliphatic rings. The number of hydrogen-bond acceptors (Lipinski definition) is 4. The maximum Gasteiger partial charge on any atom is 0.187 e. The highest BCUT2D eigenvalue weighted by Gasteiger charge is 1.91. The SMILES string of the molecule is N[S+]([O-])S(=O)[O-]. The van der Waals surface area contributed by atoms with E-state index in [9.17, 15) is 13.3 Å². The first-order valence-electron chi connectivity index (χ1n) is 0.902. The van der Waals surface area contributed by atoms with Gasteiger partial charge in [0, 0.05) is 0 Å². The van der Waals surface area contributed by atoms with Crippen LogP contribution in [0.2, 0.25) is 0 Å². The topological polar surface area (TPSA) is 89.2 Å². The summed E-state index contributed by atoms with van der Waals surface area (Å²) >= 11 is 0. The van der Waals surface area contributed by atoms with Gasteiger partial charge in [-0.15, -0.1) is 5.14 Å².